The molecule has 1 aromatic rings. The summed E-state index contributed by atoms with van der Waals surface area (Å²) in [4.78, 5) is 11.5. The SMILES string of the molecule is CCOC(=O)CSc1ccc(C(F)(F)F)c(C#N)c1. The molecule has 0 unspecified atom stereocenters. The molecule has 0 N–H and O–H groups in total. The van der Waals surface area contributed by atoms with Gasteiger partial charge >= 0.3 is 12.1 Å². The first kappa shape index (κ1) is 15.4. The van der Waals surface area contributed by atoms with Crippen molar-refractivity contribution >= 4 is 17.7 Å². The molecule has 0 amide bonds. The molecule has 0 aliphatic rings. The number of hydrogen-bond acceptors (Lipinski definition) is 4. The summed E-state index contributed by atoms with van der Waals surface area (Å²) in [6.45, 7) is 1.91. The highest BCUT2D eigenvalue weighted by Gasteiger charge is 2.33. The molecule has 0 saturated carbocycles. The summed E-state index contributed by atoms with van der Waals surface area (Å²) in [7, 11) is 0. The van der Waals surface area contributed by atoms with Crippen LogP contribution in [0.5, 0.6) is 0 Å². The molecule has 0 atom stereocenters. The molecular formula is C12H10F3NO2S. The number of esters is 1. The highest BCUT2D eigenvalue weighted by atomic mass is 32.2. The van der Waals surface area contributed by atoms with Crippen LogP contribution in [0.25, 0.3) is 0 Å². The third-order valence-electron chi connectivity index (χ3n) is 2.08. The van der Waals surface area contributed by atoms with Crippen LogP contribution in [-0.4, -0.2) is 18.3 Å². The predicted octanol–water partition coefficient (Wildman–Crippen LogP) is 3.23. The van der Waals surface area contributed by atoms with Crippen LogP contribution in [0.3, 0.4) is 0 Å². The molecular weight excluding hydrogens is 279 g/mol. The molecule has 19 heavy (non-hydrogen) atoms. The number of thioether (sulfide) groups is 1. The van der Waals surface area contributed by atoms with Crippen molar-refractivity contribution in [3.8, 4) is 6.07 Å². The molecule has 1 aromatic carbocycles. The minimum Gasteiger partial charge on any atom is -0.465 e. The van der Waals surface area contributed by atoms with Gasteiger partial charge in [0.15, 0.2) is 0 Å². The first-order valence-electron chi connectivity index (χ1n) is 5.28. The fraction of sp³-hybridized carbons (Fsp3) is 0.333. The van der Waals surface area contributed by atoms with Crippen LogP contribution in [0.15, 0.2) is 23.1 Å². The molecule has 0 spiro atoms. The lowest BCUT2D eigenvalue weighted by molar-refractivity contribution is -0.140. The van der Waals surface area contributed by atoms with E-state index in [1.165, 1.54) is 12.1 Å². The van der Waals surface area contributed by atoms with E-state index in [0.29, 0.717) is 4.90 Å². The monoisotopic (exact) mass is 289 g/mol. The zero-order valence-corrected chi connectivity index (χ0v) is 10.8. The van der Waals surface area contributed by atoms with Gasteiger partial charge in [-0.2, -0.15) is 18.4 Å². The van der Waals surface area contributed by atoms with Crippen molar-refractivity contribution in [3.05, 3.63) is 29.3 Å². The Labute approximate surface area is 112 Å². The van der Waals surface area contributed by atoms with Gasteiger partial charge in [0.05, 0.1) is 29.6 Å². The number of benzene rings is 1. The first-order chi connectivity index (χ1) is 8.88. The van der Waals surface area contributed by atoms with E-state index in [0.717, 1.165) is 23.9 Å². The molecule has 0 bridgehead atoms. The Kier molecular flexibility index (Phi) is 5.24. The molecule has 0 fully saturated rings. The highest BCUT2D eigenvalue weighted by molar-refractivity contribution is 8.00. The molecule has 102 valence electrons. The van der Waals surface area contributed by atoms with Crippen LogP contribution in [0.2, 0.25) is 0 Å². The van der Waals surface area contributed by atoms with Crippen molar-refractivity contribution in [2.24, 2.45) is 0 Å². The Morgan fingerprint density at radius 1 is 1.47 bits per heavy atom. The first-order valence-corrected chi connectivity index (χ1v) is 6.26. The summed E-state index contributed by atoms with van der Waals surface area (Å²) in [5.41, 5.74) is -1.43. The number of carbonyl (C=O) groups is 1. The molecule has 0 saturated heterocycles. The largest absolute Gasteiger partial charge is 0.465 e. The molecule has 0 radical (unpaired) electrons. The van der Waals surface area contributed by atoms with Crippen molar-refractivity contribution < 1.29 is 22.7 Å². The van der Waals surface area contributed by atoms with Crippen molar-refractivity contribution in [2.75, 3.05) is 12.4 Å². The van der Waals surface area contributed by atoms with E-state index >= 15 is 0 Å². The van der Waals surface area contributed by atoms with Gasteiger partial charge in [0.25, 0.3) is 0 Å². The molecule has 0 aliphatic carbocycles. The highest BCUT2D eigenvalue weighted by Crippen LogP contribution is 2.33. The minimum absolute atomic E-state index is 0.00985. The van der Waals surface area contributed by atoms with Gasteiger partial charge < -0.3 is 4.74 Å². The maximum Gasteiger partial charge on any atom is 0.417 e. The molecule has 0 aliphatic heterocycles. The second-order valence-corrected chi connectivity index (χ2v) is 4.46. The topological polar surface area (TPSA) is 50.1 Å². The number of alkyl halides is 3. The van der Waals surface area contributed by atoms with Crippen LogP contribution in [-0.2, 0) is 15.7 Å². The van der Waals surface area contributed by atoms with Gasteiger partial charge in [0.2, 0.25) is 0 Å². The van der Waals surface area contributed by atoms with E-state index in [1.807, 2.05) is 0 Å². The van der Waals surface area contributed by atoms with Gasteiger partial charge in [0.1, 0.15) is 0 Å². The number of rotatable bonds is 4. The summed E-state index contributed by atoms with van der Waals surface area (Å²) in [5.74, 6) is -0.463. The average Bonchev–Trinajstić information content (AvgIpc) is 2.35. The zero-order chi connectivity index (χ0) is 14.5. The van der Waals surface area contributed by atoms with E-state index in [2.05, 4.69) is 0 Å². The van der Waals surface area contributed by atoms with Gasteiger partial charge in [-0.3, -0.25) is 4.79 Å². The van der Waals surface area contributed by atoms with E-state index < -0.39 is 23.3 Å². The third-order valence-corrected chi connectivity index (χ3v) is 3.05. The van der Waals surface area contributed by atoms with Gasteiger partial charge in [0, 0.05) is 4.90 Å². The van der Waals surface area contributed by atoms with Crippen molar-refractivity contribution in [3.63, 3.8) is 0 Å². The number of ether oxygens (including phenoxy) is 1. The fourth-order valence-corrected chi connectivity index (χ4v) is 2.03. The van der Waals surface area contributed by atoms with Crippen LogP contribution in [0.1, 0.15) is 18.1 Å². The van der Waals surface area contributed by atoms with Crippen molar-refractivity contribution in [2.45, 2.75) is 18.0 Å². The lowest BCUT2D eigenvalue weighted by Gasteiger charge is -2.09. The lowest BCUT2D eigenvalue weighted by atomic mass is 10.1. The normalized spacial score (nSPS) is 10.9. The quantitative estimate of drug-likeness (QED) is 0.630. The summed E-state index contributed by atoms with van der Waals surface area (Å²) in [6, 6.07) is 4.69. The summed E-state index contributed by atoms with van der Waals surface area (Å²) in [6.07, 6.45) is -4.56. The van der Waals surface area contributed by atoms with Crippen LogP contribution in [0, 0.1) is 11.3 Å². The Hall–Kier alpha value is -1.68. The number of nitriles is 1. The summed E-state index contributed by atoms with van der Waals surface area (Å²) >= 11 is 1.02. The van der Waals surface area contributed by atoms with E-state index in [1.54, 1.807) is 6.92 Å². The van der Waals surface area contributed by atoms with Gasteiger partial charge in [-0.15, -0.1) is 11.8 Å². The summed E-state index contributed by atoms with van der Waals surface area (Å²) in [5, 5.41) is 8.72. The Balaban J connectivity index is 2.84. The van der Waals surface area contributed by atoms with Crippen LogP contribution in [0.4, 0.5) is 13.2 Å². The standard InChI is InChI=1S/C12H10F3NO2S/c1-2-18-11(17)7-19-9-3-4-10(12(13,14)15)8(5-9)6-16/h3-5H,2,7H2,1H3. The van der Waals surface area contributed by atoms with Crippen LogP contribution >= 0.6 is 11.8 Å². The van der Waals surface area contributed by atoms with E-state index in [-0.39, 0.29) is 12.4 Å². The van der Waals surface area contributed by atoms with E-state index in [4.69, 9.17) is 10.00 Å². The Morgan fingerprint density at radius 2 is 2.16 bits per heavy atom. The summed E-state index contributed by atoms with van der Waals surface area (Å²) < 4.78 is 42.3. The van der Waals surface area contributed by atoms with Gasteiger partial charge in [-0.25, -0.2) is 0 Å². The second-order valence-electron chi connectivity index (χ2n) is 3.41. The Bertz CT molecular complexity index is 509. The number of carbonyl (C=O) groups excluding carboxylic acids is 1. The maximum absolute atomic E-state index is 12.5. The van der Waals surface area contributed by atoms with Gasteiger partial charge in [-0.05, 0) is 25.1 Å². The molecule has 0 aromatic heterocycles. The maximum atomic E-state index is 12.5. The van der Waals surface area contributed by atoms with Crippen molar-refractivity contribution in [1.82, 2.24) is 0 Å². The smallest absolute Gasteiger partial charge is 0.417 e. The van der Waals surface area contributed by atoms with Gasteiger partial charge in [-0.1, -0.05) is 0 Å². The zero-order valence-electron chi connectivity index (χ0n) is 9.95. The van der Waals surface area contributed by atoms with Crippen LogP contribution < -0.4 is 0 Å². The minimum atomic E-state index is -4.56. The average molecular weight is 289 g/mol. The molecule has 3 nitrogen and oxygen atoms in total. The molecule has 1 rings (SSSR count). The lowest BCUT2D eigenvalue weighted by Crippen LogP contribution is -2.08. The number of nitrogens with zero attached hydrogens (tertiary/aromatic N) is 1. The third kappa shape index (κ3) is 4.48. The fourth-order valence-electron chi connectivity index (χ4n) is 1.30. The Morgan fingerprint density at radius 3 is 2.68 bits per heavy atom. The van der Waals surface area contributed by atoms with E-state index in [9.17, 15) is 18.0 Å². The second kappa shape index (κ2) is 6.48. The number of halogens is 3. The molecule has 7 heteroatoms. The molecule has 0 heterocycles. The van der Waals surface area contributed by atoms with Crippen molar-refractivity contribution in [1.29, 1.82) is 5.26 Å². The predicted molar refractivity (Wildman–Crippen MR) is 63.5 cm³/mol. The number of hydrogen-bond donors (Lipinski definition) is 0.